The molecule has 0 atom stereocenters. The maximum Gasteiger partial charge on any atom is 0.239 e. The van der Waals surface area contributed by atoms with E-state index in [2.05, 4.69) is 0 Å². The first-order valence-electron chi connectivity index (χ1n) is 4.33. The number of halogens is 1. The summed E-state index contributed by atoms with van der Waals surface area (Å²) >= 11 is 0. The van der Waals surface area contributed by atoms with Gasteiger partial charge in [0.15, 0.2) is 0 Å². The van der Waals surface area contributed by atoms with Gasteiger partial charge in [0.05, 0.1) is 11.4 Å². The van der Waals surface area contributed by atoms with Crippen LogP contribution in [0.15, 0.2) is 18.2 Å². The van der Waals surface area contributed by atoms with Crippen molar-refractivity contribution in [2.45, 2.75) is 12.7 Å². The van der Waals surface area contributed by atoms with Crippen LogP contribution in [0, 0.1) is 5.82 Å². The molecule has 0 unspecified atom stereocenters. The Balaban J connectivity index is 2.60. The molecule has 0 aliphatic carbocycles. The molecule has 5 heteroatoms. The zero-order chi connectivity index (χ0) is 10.3. The van der Waals surface area contributed by atoms with E-state index in [-0.39, 0.29) is 5.75 Å². The van der Waals surface area contributed by atoms with Crippen molar-refractivity contribution in [2.24, 2.45) is 0 Å². The summed E-state index contributed by atoms with van der Waals surface area (Å²) in [6.07, 6.45) is 0. The molecule has 0 saturated heterocycles. The number of rotatable bonds is 1. The van der Waals surface area contributed by atoms with E-state index in [1.165, 1.54) is 22.5 Å². The van der Waals surface area contributed by atoms with Crippen molar-refractivity contribution in [1.82, 2.24) is 0 Å². The Labute approximate surface area is 82.2 Å². The van der Waals surface area contributed by atoms with Crippen LogP contribution < -0.4 is 4.31 Å². The Morgan fingerprint density at radius 2 is 2.21 bits per heavy atom. The Bertz CT molecular complexity index is 470. The highest BCUT2D eigenvalue weighted by atomic mass is 32.2. The van der Waals surface area contributed by atoms with Crippen LogP contribution in [0.1, 0.15) is 12.5 Å². The lowest BCUT2D eigenvalue weighted by Crippen LogP contribution is -2.26. The molecule has 0 aromatic heterocycles. The van der Waals surface area contributed by atoms with Gasteiger partial charge in [-0.05, 0) is 24.6 Å². The molecule has 14 heavy (non-hydrogen) atoms. The smallest absolute Gasteiger partial charge is 0.239 e. The minimum Gasteiger partial charge on any atom is -0.270 e. The summed E-state index contributed by atoms with van der Waals surface area (Å²) in [5, 5.41) is 0. The lowest BCUT2D eigenvalue weighted by atomic mass is 10.2. The van der Waals surface area contributed by atoms with E-state index >= 15 is 0 Å². The molecule has 0 N–H and O–H groups in total. The molecule has 0 spiro atoms. The Kier molecular flexibility index (Phi) is 1.99. The van der Waals surface area contributed by atoms with Crippen molar-refractivity contribution in [3.63, 3.8) is 0 Å². The molecule has 0 fully saturated rings. The summed E-state index contributed by atoms with van der Waals surface area (Å²) in [7, 11) is -3.25. The van der Waals surface area contributed by atoms with Crippen molar-refractivity contribution in [2.75, 3.05) is 10.8 Å². The van der Waals surface area contributed by atoms with Crippen molar-refractivity contribution < 1.29 is 12.8 Å². The molecular formula is C9H10FNO2S. The molecule has 1 aliphatic rings. The van der Waals surface area contributed by atoms with Crippen molar-refractivity contribution >= 4 is 15.7 Å². The van der Waals surface area contributed by atoms with Crippen LogP contribution in [0.4, 0.5) is 10.1 Å². The van der Waals surface area contributed by atoms with Crippen LogP contribution in [0.2, 0.25) is 0 Å². The minimum atomic E-state index is -3.25. The molecule has 1 aliphatic heterocycles. The lowest BCUT2D eigenvalue weighted by Gasteiger charge is -2.15. The zero-order valence-electron chi connectivity index (χ0n) is 7.70. The van der Waals surface area contributed by atoms with Gasteiger partial charge in [-0.25, -0.2) is 12.8 Å². The first-order chi connectivity index (χ1) is 6.54. The first-order valence-corrected chi connectivity index (χ1v) is 5.94. The van der Waals surface area contributed by atoms with Crippen LogP contribution >= 0.6 is 0 Å². The summed E-state index contributed by atoms with van der Waals surface area (Å²) in [5.41, 5.74) is 1.15. The predicted molar refractivity (Wildman–Crippen MR) is 52.0 cm³/mol. The van der Waals surface area contributed by atoms with Crippen LogP contribution in [0.3, 0.4) is 0 Å². The minimum absolute atomic E-state index is 0.0174. The van der Waals surface area contributed by atoms with E-state index in [9.17, 15) is 12.8 Å². The number of hydrogen-bond donors (Lipinski definition) is 0. The number of nitrogens with zero attached hydrogens (tertiary/aromatic N) is 1. The van der Waals surface area contributed by atoms with Crippen LogP contribution in [-0.4, -0.2) is 15.0 Å². The third-order valence-corrected chi connectivity index (χ3v) is 4.08. The van der Waals surface area contributed by atoms with E-state index in [0.29, 0.717) is 17.8 Å². The van der Waals surface area contributed by atoms with E-state index < -0.39 is 15.8 Å². The van der Waals surface area contributed by atoms with Gasteiger partial charge in [-0.15, -0.1) is 0 Å². The van der Waals surface area contributed by atoms with E-state index in [0.717, 1.165) is 0 Å². The summed E-state index contributed by atoms with van der Waals surface area (Å²) in [4.78, 5) is 0. The SMILES string of the molecule is CCN1c2cc(F)ccc2CS1(=O)=O. The van der Waals surface area contributed by atoms with Gasteiger partial charge in [-0.1, -0.05) is 6.07 Å². The third kappa shape index (κ3) is 1.28. The summed E-state index contributed by atoms with van der Waals surface area (Å²) < 4.78 is 37.3. The van der Waals surface area contributed by atoms with Gasteiger partial charge in [0, 0.05) is 6.54 Å². The number of benzene rings is 1. The lowest BCUT2D eigenvalue weighted by molar-refractivity contribution is 0.594. The van der Waals surface area contributed by atoms with Gasteiger partial charge in [-0.3, -0.25) is 4.31 Å². The fraction of sp³-hybridized carbons (Fsp3) is 0.333. The Morgan fingerprint density at radius 1 is 1.50 bits per heavy atom. The molecule has 0 saturated carbocycles. The highest BCUT2D eigenvalue weighted by molar-refractivity contribution is 7.92. The predicted octanol–water partition coefficient (Wildman–Crippen LogP) is 1.50. The number of hydrogen-bond acceptors (Lipinski definition) is 2. The molecule has 3 nitrogen and oxygen atoms in total. The highest BCUT2D eigenvalue weighted by Gasteiger charge is 2.31. The molecule has 0 amide bonds. The molecule has 0 radical (unpaired) electrons. The van der Waals surface area contributed by atoms with Crippen molar-refractivity contribution in [3.05, 3.63) is 29.6 Å². The van der Waals surface area contributed by atoms with Gasteiger partial charge in [0.2, 0.25) is 10.0 Å². The van der Waals surface area contributed by atoms with Gasteiger partial charge >= 0.3 is 0 Å². The first kappa shape index (κ1) is 9.45. The molecule has 1 aromatic rings. The average Bonchev–Trinajstić information content (AvgIpc) is 2.34. The normalized spacial score (nSPS) is 18.3. The standard InChI is InChI=1S/C9H10FNO2S/c1-2-11-9-5-8(10)4-3-7(9)6-14(11,12)13/h3-5H,2,6H2,1H3. The molecule has 1 heterocycles. The van der Waals surface area contributed by atoms with E-state index in [1.54, 1.807) is 6.92 Å². The Hall–Kier alpha value is -1.10. The molecular weight excluding hydrogens is 205 g/mol. The maximum atomic E-state index is 12.9. The van der Waals surface area contributed by atoms with Gasteiger partial charge in [0.25, 0.3) is 0 Å². The summed E-state index contributed by atoms with van der Waals surface area (Å²) in [6, 6.07) is 4.08. The van der Waals surface area contributed by atoms with Crippen molar-refractivity contribution in [1.29, 1.82) is 0 Å². The Morgan fingerprint density at radius 3 is 2.86 bits per heavy atom. The molecule has 2 rings (SSSR count). The van der Waals surface area contributed by atoms with E-state index in [4.69, 9.17) is 0 Å². The second-order valence-electron chi connectivity index (χ2n) is 3.19. The fourth-order valence-corrected chi connectivity index (χ4v) is 3.34. The fourth-order valence-electron chi connectivity index (χ4n) is 1.68. The molecule has 0 bridgehead atoms. The quantitative estimate of drug-likeness (QED) is 0.711. The van der Waals surface area contributed by atoms with Gasteiger partial charge < -0.3 is 0 Å². The second kappa shape index (κ2) is 2.95. The highest BCUT2D eigenvalue weighted by Crippen LogP contribution is 2.33. The zero-order valence-corrected chi connectivity index (χ0v) is 8.51. The number of anilines is 1. The van der Waals surface area contributed by atoms with Crippen LogP contribution in [0.5, 0.6) is 0 Å². The van der Waals surface area contributed by atoms with Crippen LogP contribution in [-0.2, 0) is 15.8 Å². The average molecular weight is 215 g/mol. The van der Waals surface area contributed by atoms with Gasteiger partial charge in [-0.2, -0.15) is 0 Å². The number of sulfonamides is 1. The third-order valence-electron chi connectivity index (χ3n) is 2.28. The largest absolute Gasteiger partial charge is 0.270 e. The second-order valence-corrected chi connectivity index (χ2v) is 5.09. The van der Waals surface area contributed by atoms with Gasteiger partial charge in [0.1, 0.15) is 5.82 Å². The topological polar surface area (TPSA) is 37.4 Å². The summed E-state index contributed by atoms with van der Waals surface area (Å²) in [5.74, 6) is -0.421. The maximum absolute atomic E-state index is 12.9. The number of fused-ring (bicyclic) bond motifs is 1. The van der Waals surface area contributed by atoms with Crippen molar-refractivity contribution in [3.8, 4) is 0 Å². The summed E-state index contributed by atoms with van der Waals surface area (Å²) in [6.45, 7) is 2.08. The molecule has 76 valence electrons. The monoisotopic (exact) mass is 215 g/mol. The van der Waals surface area contributed by atoms with E-state index in [1.807, 2.05) is 0 Å². The molecule has 1 aromatic carbocycles. The van der Waals surface area contributed by atoms with Crippen LogP contribution in [0.25, 0.3) is 0 Å².